The van der Waals surface area contributed by atoms with Crippen molar-refractivity contribution in [2.45, 2.75) is 37.5 Å². The monoisotopic (exact) mass is 313 g/mol. The minimum atomic E-state index is -0.376. The Hall–Kier alpha value is -2.10. The predicted octanol–water partition coefficient (Wildman–Crippen LogP) is 3.07. The number of rotatable bonds is 4. The fraction of sp³-hybridized carbons (Fsp3) is 0.474. The average molecular weight is 313 g/mol. The van der Waals surface area contributed by atoms with Crippen LogP contribution in [0, 0.1) is 5.92 Å². The number of carbonyl (C=O) groups excluding carboxylic acids is 2. The lowest BCUT2D eigenvalue weighted by molar-refractivity contribution is -0.157. The van der Waals surface area contributed by atoms with Crippen LogP contribution >= 0.6 is 0 Å². The second kappa shape index (κ2) is 6.19. The quantitative estimate of drug-likeness (QED) is 0.634. The summed E-state index contributed by atoms with van der Waals surface area (Å²) in [4.78, 5) is 26.9. The van der Waals surface area contributed by atoms with E-state index >= 15 is 0 Å². The Balaban J connectivity index is 2.05. The van der Waals surface area contributed by atoms with Crippen molar-refractivity contribution in [2.24, 2.45) is 5.92 Å². The summed E-state index contributed by atoms with van der Waals surface area (Å²) in [5, 5.41) is 0. The van der Waals surface area contributed by atoms with Gasteiger partial charge in [-0.2, -0.15) is 0 Å². The van der Waals surface area contributed by atoms with E-state index in [4.69, 9.17) is 4.74 Å². The van der Waals surface area contributed by atoms with Crippen LogP contribution in [0.25, 0.3) is 0 Å². The third-order valence-corrected chi connectivity index (χ3v) is 5.32. The molecule has 1 aromatic rings. The topological polar surface area (TPSA) is 46.6 Å². The normalized spacial score (nSPS) is 27.5. The van der Waals surface area contributed by atoms with Crippen LogP contribution in [0.15, 0.2) is 36.9 Å². The van der Waals surface area contributed by atoms with E-state index in [0.29, 0.717) is 13.0 Å². The molecule has 4 nitrogen and oxygen atoms in total. The zero-order valence-corrected chi connectivity index (χ0v) is 13.6. The van der Waals surface area contributed by atoms with E-state index in [2.05, 4.69) is 6.58 Å². The molecule has 3 rings (SSSR count). The Morgan fingerprint density at radius 1 is 1.39 bits per heavy atom. The number of hydrogen-bond donors (Lipinski definition) is 0. The van der Waals surface area contributed by atoms with Gasteiger partial charge in [0.1, 0.15) is 5.75 Å². The van der Waals surface area contributed by atoms with Crippen LogP contribution in [-0.4, -0.2) is 30.4 Å². The molecule has 2 fully saturated rings. The van der Waals surface area contributed by atoms with Gasteiger partial charge in [0.2, 0.25) is 11.8 Å². The van der Waals surface area contributed by atoms with Crippen LogP contribution in [0.1, 0.15) is 37.7 Å². The number of imide groups is 1. The van der Waals surface area contributed by atoms with Gasteiger partial charge in [0.15, 0.2) is 0 Å². The van der Waals surface area contributed by atoms with Gasteiger partial charge in [-0.3, -0.25) is 14.5 Å². The molecule has 0 N–H and O–H groups in total. The van der Waals surface area contributed by atoms with Crippen molar-refractivity contribution in [3.05, 3.63) is 42.5 Å². The molecule has 0 radical (unpaired) electrons. The molecule has 2 aliphatic rings. The van der Waals surface area contributed by atoms with Gasteiger partial charge in [0, 0.05) is 24.3 Å². The molecule has 1 aliphatic heterocycles. The van der Waals surface area contributed by atoms with Gasteiger partial charge >= 0.3 is 0 Å². The Kier molecular flexibility index (Phi) is 4.24. The molecular formula is C19H23NO3. The molecule has 4 heteroatoms. The Morgan fingerprint density at radius 2 is 2.22 bits per heavy atom. The molecule has 0 bridgehead atoms. The molecule has 23 heavy (non-hydrogen) atoms. The summed E-state index contributed by atoms with van der Waals surface area (Å²) in [6.07, 6.45) is 5.83. The summed E-state index contributed by atoms with van der Waals surface area (Å²) >= 11 is 0. The zero-order chi connectivity index (χ0) is 16.4. The van der Waals surface area contributed by atoms with Gasteiger partial charge in [-0.05, 0) is 30.5 Å². The molecule has 0 unspecified atom stereocenters. The Bertz CT molecular complexity index is 639. The van der Waals surface area contributed by atoms with Gasteiger partial charge in [-0.25, -0.2) is 0 Å². The highest BCUT2D eigenvalue weighted by molar-refractivity contribution is 6.01. The van der Waals surface area contributed by atoms with Crippen LogP contribution in [0.3, 0.4) is 0 Å². The fourth-order valence-electron chi connectivity index (χ4n) is 4.19. The van der Waals surface area contributed by atoms with Crippen molar-refractivity contribution < 1.29 is 14.3 Å². The number of benzene rings is 1. The summed E-state index contributed by atoms with van der Waals surface area (Å²) in [5.41, 5.74) is 0.681. The Labute approximate surface area is 137 Å². The standard InChI is InChI=1S/C19H23NO3/c1-3-11-20-17(21)13-19(10-5-4-9-16(19)18(20)22)14-7-6-8-15(12-14)23-2/h3,6-8,12,16H,1,4-5,9-11,13H2,2H3/t16-,19+/m1/s1. The summed E-state index contributed by atoms with van der Waals surface area (Å²) in [6.45, 7) is 3.97. The molecule has 122 valence electrons. The maximum absolute atomic E-state index is 12.9. The highest BCUT2D eigenvalue weighted by Crippen LogP contribution is 2.50. The molecule has 1 aliphatic carbocycles. The minimum absolute atomic E-state index is 0.0383. The highest BCUT2D eigenvalue weighted by Gasteiger charge is 2.53. The largest absolute Gasteiger partial charge is 0.497 e. The molecule has 2 atom stereocenters. The van der Waals surface area contributed by atoms with E-state index in [1.807, 2.05) is 24.3 Å². The maximum atomic E-state index is 12.9. The van der Waals surface area contributed by atoms with E-state index in [-0.39, 0.29) is 23.1 Å². The number of hydrogen-bond acceptors (Lipinski definition) is 3. The number of fused-ring (bicyclic) bond motifs is 1. The maximum Gasteiger partial charge on any atom is 0.233 e. The van der Waals surface area contributed by atoms with Crippen LogP contribution in [0.5, 0.6) is 5.75 Å². The van der Waals surface area contributed by atoms with E-state index in [9.17, 15) is 9.59 Å². The van der Waals surface area contributed by atoms with Crippen LogP contribution in [0.4, 0.5) is 0 Å². The summed E-state index contributed by atoms with van der Waals surface area (Å²) in [6, 6.07) is 7.86. The lowest BCUT2D eigenvalue weighted by Gasteiger charge is -2.49. The number of ether oxygens (including phenoxy) is 1. The Morgan fingerprint density at radius 3 is 2.96 bits per heavy atom. The second-order valence-electron chi connectivity index (χ2n) is 6.49. The van der Waals surface area contributed by atoms with Crippen molar-refractivity contribution in [1.82, 2.24) is 4.90 Å². The van der Waals surface area contributed by atoms with E-state index in [0.717, 1.165) is 37.0 Å². The number of likely N-dealkylation sites (tertiary alicyclic amines) is 1. The first-order valence-electron chi connectivity index (χ1n) is 8.22. The fourth-order valence-corrected chi connectivity index (χ4v) is 4.19. The molecular weight excluding hydrogens is 290 g/mol. The van der Waals surface area contributed by atoms with Crippen molar-refractivity contribution in [2.75, 3.05) is 13.7 Å². The van der Waals surface area contributed by atoms with Gasteiger partial charge < -0.3 is 4.74 Å². The van der Waals surface area contributed by atoms with Gasteiger partial charge in [0.05, 0.1) is 7.11 Å². The lowest BCUT2D eigenvalue weighted by Crippen LogP contribution is -2.57. The van der Waals surface area contributed by atoms with E-state index in [1.54, 1.807) is 13.2 Å². The molecule has 1 heterocycles. The van der Waals surface area contributed by atoms with Gasteiger partial charge in [-0.15, -0.1) is 6.58 Å². The van der Waals surface area contributed by atoms with E-state index in [1.165, 1.54) is 4.90 Å². The van der Waals surface area contributed by atoms with Crippen LogP contribution < -0.4 is 4.74 Å². The van der Waals surface area contributed by atoms with E-state index < -0.39 is 0 Å². The van der Waals surface area contributed by atoms with Crippen molar-refractivity contribution in [3.63, 3.8) is 0 Å². The van der Waals surface area contributed by atoms with Gasteiger partial charge in [0.25, 0.3) is 0 Å². The smallest absolute Gasteiger partial charge is 0.233 e. The summed E-state index contributed by atoms with van der Waals surface area (Å²) < 4.78 is 5.34. The van der Waals surface area contributed by atoms with Crippen molar-refractivity contribution in [3.8, 4) is 5.75 Å². The number of piperidine rings is 1. The average Bonchev–Trinajstić information content (AvgIpc) is 2.58. The number of amides is 2. The van der Waals surface area contributed by atoms with Crippen LogP contribution in [-0.2, 0) is 15.0 Å². The number of nitrogens with zero attached hydrogens (tertiary/aromatic N) is 1. The summed E-state index contributed by atoms with van der Waals surface area (Å²) in [5.74, 6) is 0.523. The predicted molar refractivity (Wildman–Crippen MR) is 88.2 cm³/mol. The highest BCUT2D eigenvalue weighted by atomic mass is 16.5. The first-order valence-corrected chi connectivity index (χ1v) is 8.22. The lowest BCUT2D eigenvalue weighted by atomic mass is 9.58. The second-order valence-corrected chi connectivity index (χ2v) is 6.49. The van der Waals surface area contributed by atoms with Crippen molar-refractivity contribution >= 4 is 11.8 Å². The molecule has 2 amide bonds. The number of carbonyl (C=O) groups is 2. The molecule has 0 spiro atoms. The van der Waals surface area contributed by atoms with Gasteiger partial charge in [-0.1, -0.05) is 31.1 Å². The van der Waals surface area contributed by atoms with Crippen molar-refractivity contribution in [1.29, 1.82) is 0 Å². The molecule has 1 saturated carbocycles. The first-order chi connectivity index (χ1) is 11.1. The minimum Gasteiger partial charge on any atom is -0.497 e. The SMILES string of the molecule is C=CCN1C(=O)C[C@]2(c3cccc(OC)c3)CCCC[C@@H]2C1=O. The van der Waals surface area contributed by atoms with Crippen LogP contribution in [0.2, 0.25) is 0 Å². The molecule has 1 aromatic carbocycles. The number of methoxy groups -OCH3 is 1. The molecule has 1 saturated heterocycles. The molecule has 0 aromatic heterocycles. The summed E-state index contributed by atoms with van der Waals surface area (Å²) in [7, 11) is 1.64. The third-order valence-electron chi connectivity index (χ3n) is 5.32. The first kappa shape index (κ1) is 15.8. The zero-order valence-electron chi connectivity index (χ0n) is 13.6. The third kappa shape index (κ3) is 2.56.